The van der Waals surface area contributed by atoms with Crippen LogP contribution in [0.4, 0.5) is 0 Å². The van der Waals surface area contributed by atoms with Crippen molar-refractivity contribution in [1.82, 2.24) is 14.7 Å². The van der Waals surface area contributed by atoms with Crippen LogP contribution in [0.25, 0.3) is 12.2 Å². The predicted octanol–water partition coefficient (Wildman–Crippen LogP) is 2.33. The summed E-state index contributed by atoms with van der Waals surface area (Å²) in [6.07, 6.45) is 7.76. The first-order valence-corrected chi connectivity index (χ1v) is 6.30. The molecule has 0 unspecified atom stereocenters. The highest BCUT2D eigenvalue weighted by atomic mass is 16.2. The van der Waals surface area contributed by atoms with Crippen LogP contribution in [0.2, 0.25) is 0 Å². The van der Waals surface area contributed by atoms with Crippen LogP contribution in [0.1, 0.15) is 41.5 Å². The molecule has 0 spiro atoms. The van der Waals surface area contributed by atoms with Gasteiger partial charge in [-0.05, 0) is 25.8 Å². The standard InChI is InChI=1S/C14H19N3O/c1-4-8-11-12(5-2)16(3)15-13(11)14(18)17-9-6-7-10-17/h4-5,8H,2,6-7,9-10H2,1,3H3/b8-4-. The van der Waals surface area contributed by atoms with Crippen molar-refractivity contribution in [2.24, 2.45) is 7.05 Å². The number of aryl methyl sites for hydroxylation is 1. The number of carbonyl (C=O) groups excluding carboxylic acids is 1. The molecule has 1 amide bonds. The Morgan fingerprint density at radius 1 is 1.39 bits per heavy atom. The summed E-state index contributed by atoms with van der Waals surface area (Å²) in [4.78, 5) is 14.3. The second kappa shape index (κ2) is 5.21. The lowest BCUT2D eigenvalue weighted by Gasteiger charge is -2.13. The fraction of sp³-hybridized carbons (Fsp3) is 0.429. The van der Waals surface area contributed by atoms with E-state index in [9.17, 15) is 4.79 Å². The molecule has 0 aliphatic carbocycles. The van der Waals surface area contributed by atoms with E-state index in [1.165, 1.54) is 0 Å². The van der Waals surface area contributed by atoms with Crippen LogP contribution in [-0.2, 0) is 7.05 Å². The van der Waals surface area contributed by atoms with E-state index in [1.807, 2.05) is 31.0 Å². The van der Waals surface area contributed by atoms with E-state index in [-0.39, 0.29) is 5.91 Å². The van der Waals surface area contributed by atoms with Gasteiger partial charge in [-0.3, -0.25) is 9.48 Å². The largest absolute Gasteiger partial charge is 0.337 e. The van der Waals surface area contributed by atoms with E-state index < -0.39 is 0 Å². The summed E-state index contributed by atoms with van der Waals surface area (Å²) in [7, 11) is 1.84. The molecular formula is C14H19N3O. The number of likely N-dealkylation sites (tertiary alicyclic amines) is 1. The van der Waals surface area contributed by atoms with Gasteiger partial charge < -0.3 is 4.90 Å². The van der Waals surface area contributed by atoms with Crippen LogP contribution in [0.3, 0.4) is 0 Å². The SMILES string of the molecule is C=Cc1c(/C=C\C)c(C(=O)N2CCCC2)nn1C. The summed E-state index contributed by atoms with van der Waals surface area (Å²) in [6.45, 7) is 7.40. The van der Waals surface area contributed by atoms with Crippen molar-refractivity contribution >= 4 is 18.1 Å². The summed E-state index contributed by atoms with van der Waals surface area (Å²) in [6, 6.07) is 0. The summed E-state index contributed by atoms with van der Waals surface area (Å²) in [5, 5.41) is 4.35. The van der Waals surface area contributed by atoms with E-state index in [4.69, 9.17) is 0 Å². The number of hydrogen-bond donors (Lipinski definition) is 0. The van der Waals surface area contributed by atoms with E-state index in [2.05, 4.69) is 11.7 Å². The molecule has 2 rings (SSSR count). The highest BCUT2D eigenvalue weighted by Gasteiger charge is 2.25. The molecule has 0 atom stereocenters. The van der Waals surface area contributed by atoms with E-state index >= 15 is 0 Å². The molecule has 1 saturated heterocycles. The number of allylic oxidation sites excluding steroid dienone is 1. The Hall–Kier alpha value is -1.84. The van der Waals surface area contributed by atoms with Crippen molar-refractivity contribution < 1.29 is 4.79 Å². The summed E-state index contributed by atoms with van der Waals surface area (Å²) < 4.78 is 1.71. The number of nitrogens with zero attached hydrogens (tertiary/aromatic N) is 3. The van der Waals surface area contributed by atoms with E-state index in [1.54, 1.807) is 10.8 Å². The normalized spacial score (nSPS) is 15.6. The van der Waals surface area contributed by atoms with E-state index in [0.717, 1.165) is 37.2 Å². The van der Waals surface area contributed by atoms with Crippen molar-refractivity contribution in [3.8, 4) is 0 Å². The zero-order chi connectivity index (χ0) is 13.1. The highest BCUT2D eigenvalue weighted by Crippen LogP contribution is 2.20. The lowest BCUT2D eigenvalue weighted by molar-refractivity contribution is 0.0786. The molecular weight excluding hydrogens is 226 g/mol. The molecule has 4 nitrogen and oxygen atoms in total. The van der Waals surface area contributed by atoms with Crippen molar-refractivity contribution in [2.75, 3.05) is 13.1 Å². The second-order valence-electron chi connectivity index (χ2n) is 4.47. The van der Waals surface area contributed by atoms with Gasteiger partial charge in [0.15, 0.2) is 5.69 Å². The molecule has 96 valence electrons. The minimum absolute atomic E-state index is 0.0318. The number of aromatic nitrogens is 2. The van der Waals surface area contributed by atoms with Gasteiger partial charge in [-0.15, -0.1) is 0 Å². The predicted molar refractivity (Wildman–Crippen MR) is 73.1 cm³/mol. The summed E-state index contributed by atoms with van der Waals surface area (Å²) >= 11 is 0. The maximum absolute atomic E-state index is 12.4. The molecule has 0 aromatic carbocycles. The van der Waals surface area contributed by atoms with Gasteiger partial charge in [0, 0.05) is 25.7 Å². The van der Waals surface area contributed by atoms with Crippen LogP contribution in [0.15, 0.2) is 12.7 Å². The maximum atomic E-state index is 12.4. The Morgan fingerprint density at radius 3 is 2.61 bits per heavy atom. The Morgan fingerprint density at radius 2 is 2.06 bits per heavy atom. The minimum Gasteiger partial charge on any atom is -0.337 e. The number of rotatable bonds is 3. The Bertz CT molecular complexity index is 493. The van der Waals surface area contributed by atoms with Crippen molar-refractivity contribution in [3.05, 3.63) is 29.6 Å². The van der Waals surface area contributed by atoms with E-state index in [0.29, 0.717) is 5.69 Å². The molecule has 1 aromatic rings. The number of amides is 1. The number of hydrogen-bond acceptors (Lipinski definition) is 2. The first-order chi connectivity index (χ1) is 8.69. The van der Waals surface area contributed by atoms with Gasteiger partial charge in [0.05, 0.1) is 5.69 Å². The Kier molecular flexibility index (Phi) is 3.65. The maximum Gasteiger partial charge on any atom is 0.274 e. The van der Waals surface area contributed by atoms with Gasteiger partial charge in [-0.1, -0.05) is 18.7 Å². The minimum atomic E-state index is 0.0318. The quantitative estimate of drug-likeness (QED) is 0.819. The van der Waals surface area contributed by atoms with Crippen molar-refractivity contribution in [2.45, 2.75) is 19.8 Å². The first kappa shape index (κ1) is 12.6. The Balaban J connectivity index is 2.43. The van der Waals surface area contributed by atoms with Crippen molar-refractivity contribution in [1.29, 1.82) is 0 Å². The molecule has 1 aliphatic rings. The van der Waals surface area contributed by atoms with Crippen molar-refractivity contribution in [3.63, 3.8) is 0 Å². The van der Waals surface area contributed by atoms with Crippen LogP contribution in [0, 0.1) is 0 Å². The number of carbonyl (C=O) groups is 1. The molecule has 0 bridgehead atoms. The van der Waals surface area contributed by atoms with Gasteiger partial charge in [-0.2, -0.15) is 5.10 Å². The fourth-order valence-corrected chi connectivity index (χ4v) is 2.35. The fourth-order valence-electron chi connectivity index (χ4n) is 2.35. The zero-order valence-electron chi connectivity index (χ0n) is 11.0. The monoisotopic (exact) mass is 245 g/mol. The Labute approximate surface area is 108 Å². The highest BCUT2D eigenvalue weighted by molar-refractivity contribution is 5.97. The molecule has 2 heterocycles. The third kappa shape index (κ3) is 2.10. The van der Waals surface area contributed by atoms with Gasteiger partial charge in [0.2, 0.25) is 0 Å². The van der Waals surface area contributed by atoms with Crippen LogP contribution >= 0.6 is 0 Å². The molecule has 0 N–H and O–H groups in total. The van der Waals surface area contributed by atoms with Gasteiger partial charge >= 0.3 is 0 Å². The van der Waals surface area contributed by atoms with Crippen LogP contribution < -0.4 is 0 Å². The smallest absolute Gasteiger partial charge is 0.274 e. The lowest BCUT2D eigenvalue weighted by Crippen LogP contribution is -2.28. The third-order valence-corrected chi connectivity index (χ3v) is 3.25. The van der Waals surface area contributed by atoms with Gasteiger partial charge in [0.25, 0.3) is 5.91 Å². The first-order valence-electron chi connectivity index (χ1n) is 6.30. The zero-order valence-corrected chi connectivity index (χ0v) is 11.0. The van der Waals surface area contributed by atoms with Crippen LogP contribution in [-0.4, -0.2) is 33.7 Å². The average Bonchev–Trinajstić information content (AvgIpc) is 2.97. The third-order valence-electron chi connectivity index (χ3n) is 3.25. The topological polar surface area (TPSA) is 38.1 Å². The average molecular weight is 245 g/mol. The molecule has 4 heteroatoms. The molecule has 18 heavy (non-hydrogen) atoms. The summed E-state index contributed by atoms with van der Waals surface area (Å²) in [5.41, 5.74) is 2.29. The summed E-state index contributed by atoms with van der Waals surface area (Å²) in [5.74, 6) is 0.0318. The molecule has 1 aliphatic heterocycles. The molecule has 1 fully saturated rings. The molecule has 1 aromatic heterocycles. The molecule has 0 saturated carbocycles. The van der Waals surface area contributed by atoms with Crippen LogP contribution in [0.5, 0.6) is 0 Å². The van der Waals surface area contributed by atoms with Gasteiger partial charge in [0.1, 0.15) is 0 Å². The second-order valence-corrected chi connectivity index (χ2v) is 4.47. The van der Waals surface area contributed by atoms with Gasteiger partial charge in [-0.25, -0.2) is 0 Å². The molecule has 0 radical (unpaired) electrons. The lowest BCUT2D eigenvalue weighted by atomic mass is 10.1.